The highest BCUT2D eigenvalue weighted by atomic mass is 127. The number of aromatic nitrogens is 1. The Bertz CT molecular complexity index is 473. The van der Waals surface area contributed by atoms with Gasteiger partial charge >= 0.3 is 0 Å². The summed E-state index contributed by atoms with van der Waals surface area (Å²) in [5.41, 5.74) is 2.70. The number of nitrogens with zero attached hydrogens (tertiary/aromatic N) is 1. The molecule has 18 heavy (non-hydrogen) atoms. The van der Waals surface area contributed by atoms with Gasteiger partial charge in [-0.1, -0.05) is 19.1 Å². The van der Waals surface area contributed by atoms with Gasteiger partial charge in [0, 0.05) is 29.1 Å². The summed E-state index contributed by atoms with van der Waals surface area (Å²) in [7, 11) is 0. The van der Waals surface area contributed by atoms with E-state index < -0.39 is 0 Å². The van der Waals surface area contributed by atoms with Crippen LogP contribution in [0.2, 0.25) is 0 Å². The van der Waals surface area contributed by atoms with Crippen LogP contribution in [0.3, 0.4) is 0 Å². The van der Waals surface area contributed by atoms with Crippen molar-refractivity contribution in [3.63, 3.8) is 0 Å². The maximum absolute atomic E-state index is 3.42. The fourth-order valence-electron chi connectivity index (χ4n) is 1.90. The molecule has 2 rings (SSSR count). The minimum Gasteiger partial charge on any atom is -0.350 e. The van der Waals surface area contributed by atoms with E-state index in [2.05, 4.69) is 82.1 Å². The second kappa shape index (κ2) is 6.95. The first-order chi connectivity index (χ1) is 8.78. The smallest absolute Gasteiger partial charge is 0.0470 e. The largest absolute Gasteiger partial charge is 0.350 e. The van der Waals surface area contributed by atoms with Crippen molar-refractivity contribution in [1.29, 1.82) is 0 Å². The zero-order valence-electron chi connectivity index (χ0n) is 10.7. The molecule has 0 radical (unpaired) electrons. The van der Waals surface area contributed by atoms with E-state index in [1.807, 2.05) is 0 Å². The molecule has 0 fully saturated rings. The van der Waals surface area contributed by atoms with E-state index in [1.54, 1.807) is 0 Å². The average molecular weight is 354 g/mol. The summed E-state index contributed by atoms with van der Waals surface area (Å²) < 4.78 is 3.53. The van der Waals surface area contributed by atoms with Gasteiger partial charge in [0.1, 0.15) is 0 Å². The summed E-state index contributed by atoms with van der Waals surface area (Å²) in [4.78, 5) is 0. The number of halogens is 1. The van der Waals surface area contributed by atoms with E-state index in [1.165, 1.54) is 21.1 Å². The molecule has 0 spiro atoms. The lowest BCUT2D eigenvalue weighted by Gasteiger charge is -2.03. The quantitative estimate of drug-likeness (QED) is 0.619. The van der Waals surface area contributed by atoms with Crippen LogP contribution in [0.15, 0.2) is 42.7 Å². The van der Waals surface area contributed by atoms with Crippen molar-refractivity contribution in [2.24, 2.45) is 0 Å². The third-order valence-electron chi connectivity index (χ3n) is 2.85. The van der Waals surface area contributed by atoms with Gasteiger partial charge in [-0.05, 0) is 64.9 Å². The van der Waals surface area contributed by atoms with Gasteiger partial charge in [-0.15, -0.1) is 0 Å². The minimum atomic E-state index is 0.949. The lowest BCUT2D eigenvalue weighted by molar-refractivity contribution is 0.673. The zero-order chi connectivity index (χ0) is 12.8. The Morgan fingerprint density at radius 1 is 1.11 bits per heavy atom. The Hall–Kier alpha value is -0.810. The molecular weight excluding hydrogens is 335 g/mol. The van der Waals surface area contributed by atoms with Crippen molar-refractivity contribution in [3.05, 3.63) is 57.4 Å². The van der Waals surface area contributed by atoms with E-state index >= 15 is 0 Å². The number of benzene rings is 1. The molecule has 1 heterocycles. The minimum absolute atomic E-state index is 0.949. The summed E-state index contributed by atoms with van der Waals surface area (Å²) in [5.74, 6) is 0. The molecule has 96 valence electrons. The zero-order valence-corrected chi connectivity index (χ0v) is 12.9. The molecule has 0 aliphatic heterocycles. The summed E-state index contributed by atoms with van der Waals surface area (Å²) >= 11 is 2.34. The molecule has 2 aromatic rings. The number of nitrogens with one attached hydrogen (secondary N) is 1. The molecule has 3 heteroatoms. The molecule has 0 aliphatic rings. The van der Waals surface area contributed by atoms with Crippen LogP contribution in [0.1, 0.15) is 24.5 Å². The van der Waals surface area contributed by atoms with E-state index in [9.17, 15) is 0 Å². The van der Waals surface area contributed by atoms with Crippen LogP contribution in [0.4, 0.5) is 0 Å². The van der Waals surface area contributed by atoms with Crippen molar-refractivity contribution in [2.75, 3.05) is 6.54 Å². The van der Waals surface area contributed by atoms with Gasteiger partial charge in [-0.2, -0.15) is 0 Å². The van der Waals surface area contributed by atoms with Crippen LogP contribution < -0.4 is 5.32 Å². The lowest BCUT2D eigenvalue weighted by Crippen LogP contribution is -2.13. The molecular formula is C15H19IN2. The SMILES string of the molecule is CCCNCc1ccn(Cc2ccc(I)cc2)c1. The Kier molecular flexibility index (Phi) is 5.26. The van der Waals surface area contributed by atoms with Crippen molar-refractivity contribution in [3.8, 4) is 0 Å². The van der Waals surface area contributed by atoms with E-state index in [0.29, 0.717) is 0 Å². The van der Waals surface area contributed by atoms with E-state index in [0.717, 1.165) is 19.6 Å². The monoisotopic (exact) mass is 354 g/mol. The van der Waals surface area contributed by atoms with Crippen molar-refractivity contribution in [1.82, 2.24) is 9.88 Å². The Balaban J connectivity index is 1.91. The van der Waals surface area contributed by atoms with Crippen molar-refractivity contribution in [2.45, 2.75) is 26.4 Å². The molecule has 0 amide bonds. The summed E-state index contributed by atoms with van der Waals surface area (Å²) in [6.07, 6.45) is 5.56. The molecule has 0 bridgehead atoms. The first-order valence-electron chi connectivity index (χ1n) is 6.37. The molecule has 0 unspecified atom stereocenters. The predicted octanol–water partition coefficient (Wildman–Crippen LogP) is 3.64. The Morgan fingerprint density at radius 3 is 2.61 bits per heavy atom. The molecule has 2 nitrogen and oxygen atoms in total. The predicted molar refractivity (Wildman–Crippen MR) is 84.7 cm³/mol. The van der Waals surface area contributed by atoms with Gasteiger partial charge in [0.2, 0.25) is 0 Å². The van der Waals surface area contributed by atoms with Gasteiger partial charge < -0.3 is 9.88 Å². The number of hydrogen-bond donors (Lipinski definition) is 1. The highest BCUT2D eigenvalue weighted by Gasteiger charge is 1.98. The van der Waals surface area contributed by atoms with Gasteiger partial charge in [0.05, 0.1) is 0 Å². The Labute approximate surface area is 123 Å². The second-order valence-electron chi connectivity index (χ2n) is 4.50. The van der Waals surface area contributed by atoms with Crippen molar-refractivity contribution < 1.29 is 0 Å². The third kappa shape index (κ3) is 4.14. The molecule has 0 atom stereocenters. The summed E-state index contributed by atoms with van der Waals surface area (Å²) in [6.45, 7) is 5.19. The molecule has 0 aliphatic carbocycles. The molecule has 0 saturated carbocycles. The standard InChI is InChI=1S/C15H19IN2/c1-2-8-17-10-14-7-9-18(12-14)11-13-3-5-15(16)6-4-13/h3-7,9,12,17H,2,8,10-11H2,1H3. The van der Waals surface area contributed by atoms with Crippen molar-refractivity contribution >= 4 is 22.6 Å². The van der Waals surface area contributed by atoms with E-state index in [-0.39, 0.29) is 0 Å². The third-order valence-corrected chi connectivity index (χ3v) is 3.57. The molecule has 1 aromatic carbocycles. The van der Waals surface area contributed by atoms with Gasteiger partial charge in [0.15, 0.2) is 0 Å². The van der Waals surface area contributed by atoms with Crippen LogP contribution in [0, 0.1) is 3.57 Å². The second-order valence-corrected chi connectivity index (χ2v) is 5.74. The molecule has 1 aromatic heterocycles. The maximum Gasteiger partial charge on any atom is 0.0470 e. The lowest BCUT2D eigenvalue weighted by atomic mass is 10.2. The first kappa shape index (κ1) is 13.6. The Morgan fingerprint density at radius 2 is 1.89 bits per heavy atom. The fourth-order valence-corrected chi connectivity index (χ4v) is 2.26. The van der Waals surface area contributed by atoms with Crippen LogP contribution in [0.25, 0.3) is 0 Å². The van der Waals surface area contributed by atoms with E-state index in [4.69, 9.17) is 0 Å². The van der Waals surface area contributed by atoms with Crippen LogP contribution in [-0.4, -0.2) is 11.1 Å². The van der Waals surface area contributed by atoms with Crippen LogP contribution >= 0.6 is 22.6 Å². The highest BCUT2D eigenvalue weighted by Crippen LogP contribution is 2.09. The highest BCUT2D eigenvalue weighted by molar-refractivity contribution is 14.1. The normalized spacial score (nSPS) is 10.8. The molecule has 0 saturated heterocycles. The van der Waals surface area contributed by atoms with Crippen LogP contribution in [0.5, 0.6) is 0 Å². The summed E-state index contributed by atoms with van der Waals surface area (Å²) in [5, 5.41) is 3.42. The number of hydrogen-bond acceptors (Lipinski definition) is 1. The first-order valence-corrected chi connectivity index (χ1v) is 7.45. The molecule has 1 N–H and O–H groups in total. The van der Waals surface area contributed by atoms with Gasteiger partial charge in [-0.3, -0.25) is 0 Å². The van der Waals surface area contributed by atoms with Crippen LogP contribution in [-0.2, 0) is 13.1 Å². The van der Waals surface area contributed by atoms with Gasteiger partial charge in [-0.25, -0.2) is 0 Å². The fraction of sp³-hybridized carbons (Fsp3) is 0.333. The summed E-state index contributed by atoms with van der Waals surface area (Å²) in [6, 6.07) is 10.9. The number of rotatable bonds is 6. The van der Waals surface area contributed by atoms with Gasteiger partial charge in [0.25, 0.3) is 0 Å². The maximum atomic E-state index is 3.42. The average Bonchev–Trinajstić information content (AvgIpc) is 2.80. The topological polar surface area (TPSA) is 17.0 Å².